The van der Waals surface area contributed by atoms with Gasteiger partial charge in [-0.3, -0.25) is 9.59 Å². The molecule has 1 amide bonds. The Morgan fingerprint density at radius 3 is 2.86 bits per heavy atom. The Bertz CT molecular complexity index is 566. The van der Waals surface area contributed by atoms with E-state index in [1.54, 1.807) is 6.07 Å². The number of hydrogen-bond acceptors (Lipinski definition) is 3. The fourth-order valence-corrected chi connectivity index (χ4v) is 2.92. The van der Waals surface area contributed by atoms with E-state index in [1.807, 2.05) is 0 Å². The average Bonchev–Trinajstić information content (AvgIpc) is 2.74. The van der Waals surface area contributed by atoms with Crippen LogP contribution in [0.25, 0.3) is 0 Å². The van der Waals surface area contributed by atoms with Crippen LogP contribution in [0.2, 0.25) is 0 Å². The molecule has 0 aliphatic carbocycles. The van der Waals surface area contributed by atoms with Gasteiger partial charge in [0.05, 0.1) is 18.6 Å². The maximum Gasteiger partial charge on any atom is 0.309 e. The number of methoxy groups -OCH3 is 1. The first-order chi connectivity index (χ1) is 9.95. The molecule has 1 N–H and O–H groups in total. The predicted molar refractivity (Wildman–Crippen MR) is 76.2 cm³/mol. The first kappa shape index (κ1) is 15.9. The van der Waals surface area contributed by atoms with Gasteiger partial charge in [-0.15, -0.1) is 0 Å². The minimum atomic E-state index is -1.10. The Kier molecular flexibility index (Phi) is 4.95. The number of rotatable bonds is 5. The summed E-state index contributed by atoms with van der Waals surface area (Å²) in [5, 5.41) is 9.31. The molecule has 1 aliphatic heterocycles. The molecule has 2 atom stereocenters. The highest BCUT2D eigenvalue weighted by Crippen LogP contribution is 2.39. The van der Waals surface area contributed by atoms with Gasteiger partial charge in [-0.2, -0.15) is 0 Å². The highest BCUT2D eigenvalue weighted by atomic mass is 79.9. The normalized spacial score (nSPS) is 21.9. The molecule has 0 spiro atoms. The molecular formula is C14H15BrFNO4. The van der Waals surface area contributed by atoms with E-state index in [2.05, 4.69) is 15.9 Å². The number of carboxylic acid groups (broad SMARTS) is 1. The number of likely N-dealkylation sites (tertiary alicyclic amines) is 1. The van der Waals surface area contributed by atoms with E-state index in [0.717, 1.165) is 0 Å². The van der Waals surface area contributed by atoms with Crippen molar-refractivity contribution in [2.75, 3.05) is 20.3 Å². The summed E-state index contributed by atoms with van der Waals surface area (Å²) in [6.07, 6.45) is -0.126. The third kappa shape index (κ3) is 3.24. The third-order valence-electron chi connectivity index (χ3n) is 3.57. The lowest BCUT2D eigenvalue weighted by Gasteiger charge is -2.27. The van der Waals surface area contributed by atoms with Gasteiger partial charge in [-0.05, 0) is 12.1 Å². The van der Waals surface area contributed by atoms with Gasteiger partial charge >= 0.3 is 5.97 Å². The number of hydrogen-bond donors (Lipinski definition) is 1. The van der Waals surface area contributed by atoms with Gasteiger partial charge in [-0.25, -0.2) is 4.39 Å². The molecule has 5 nitrogen and oxygen atoms in total. The summed E-state index contributed by atoms with van der Waals surface area (Å²) in [7, 11) is 1.49. The van der Waals surface area contributed by atoms with Crippen LogP contribution in [0.15, 0.2) is 22.7 Å². The van der Waals surface area contributed by atoms with E-state index in [9.17, 15) is 19.1 Å². The average molecular weight is 360 g/mol. The van der Waals surface area contributed by atoms with Crippen molar-refractivity contribution in [3.63, 3.8) is 0 Å². The van der Waals surface area contributed by atoms with Crippen LogP contribution in [0.5, 0.6) is 0 Å². The number of amides is 1. The van der Waals surface area contributed by atoms with Crippen LogP contribution in [0.1, 0.15) is 18.0 Å². The van der Waals surface area contributed by atoms with Gasteiger partial charge in [-0.1, -0.05) is 22.0 Å². The molecule has 1 aliphatic rings. The highest BCUT2D eigenvalue weighted by Gasteiger charge is 2.45. The minimum Gasteiger partial charge on any atom is -0.481 e. The lowest BCUT2D eigenvalue weighted by Crippen LogP contribution is -2.33. The topological polar surface area (TPSA) is 66.8 Å². The molecule has 7 heteroatoms. The van der Waals surface area contributed by atoms with Crippen LogP contribution >= 0.6 is 15.9 Å². The van der Waals surface area contributed by atoms with E-state index < -0.39 is 23.7 Å². The van der Waals surface area contributed by atoms with Crippen LogP contribution in [-0.2, 0) is 14.3 Å². The monoisotopic (exact) mass is 359 g/mol. The van der Waals surface area contributed by atoms with E-state index in [0.29, 0.717) is 4.47 Å². The van der Waals surface area contributed by atoms with Crippen LogP contribution in [-0.4, -0.2) is 42.1 Å². The summed E-state index contributed by atoms with van der Waals surface area (Å²) in [5.41, 5.74) is 0.215. The first-order valence-corrected chi connectivity index (χ1v) is 7.21. The lowest BCUT2D eigenvalue weighted by molar-refractivity contribution is -0.142. The molecule has 114 valence electrons. The lowest BCUT2D eigenvalue weighted by atomic mass is 9.93. The SMILES string of the molecule is COCCN1C(=O)CC(C(=O)O)C1c1ccc(Br)cc1F. The van der Waals surface area contributed by atoms with Crippen LogP contribution in [0.3, 0.4) is 0 Å². The van der Waals surface area contributed by atoms with Gasteiger partial charge in [0.1, 0.15) is 5.82 Å². The number of nitrogens with zero attached hydrogens (tertiary/aromatic N) is 1. The number of carbonyl (C=O) groups excluding carboxylic acids is 1. The van der Waals surface area contributed by atoms with Gasteiger partial charge in [0.15, 0.2) is 0 Å². The molecule has 21 heavy (non-hydrogen) atoms. The quantitative estimate of drug-likeness (QED) is 0.875. The van der Waals surface area contributed by atoms with Crippen molar-refractivity contribution < 1.29 is 23.8 Å². The third-order valence-corrected chi connectivity index (χ3v) is 4.06. The summed E-state index contributed by atoms with van der Waals surface area (Å²) in [6.45, 7) is 0.506. The van der Waals surface area contributed by atoms with Crippen molar-refractivity contribution in [2.45, 2.75) is 12.5 Å². The molecule has 0 bridgehead atoms. The van der Waals surface area contributed by atoms with Crippen molar-refractivity contribution in [1.82, 2.24) is 4.90 Å². The summed E-state index contributed by atoms with van der Waals surface area (Å²) >= 11 is 3.16. The predicted octanol–water partition coefficient (Wildman–Crippen LogP) is 2.21. The van der Waals surface area contributed by atoms with Gasteiger partial charge in [0.25, 0.3) is 0 Å². The highest BCUT2D eigenvalue weighted by molar-refractivity contribution is 9.10. The van der Waals surface area contributed by atoms with E-state index in [4.69, 9.17) is 4.74 Å². The second-order valence-electron chi connectivity index (χ2n) is 4.84. The maximum absolute atomic E-state index is 14.2. The first-order valence-electron chi connectivity index (χ1n) is 6.42. The summed E-state index contributed by atoms with van der Waals surface area (Å²) < 4.78 is 19.7. The molecule has 2 rings (SSSR count). The fraction of sp³-hybridized carbons (Fsp3) is 0.429. The van der Waals surface area contributed by atoms with E-state index in [-0.39, 0.29) is 31.0 Å². The second kappa shape index (κ2) is 6.53. The van der Waals surface area contributed by atoms with Crippen molar-refractivity contribution in [1.29, 1.82) is 0 Å². The van der Waals surface area contributed by atoms with Crippen LogP contribution < -0.4 is 0 Å². The van der Waals surface area contributed by atoms with Crippen molar-refractivity contribution in [2.24, 2.45) is 5.92 Å². The smallest absolute Gasteiger partial charge is 0.309 e. The largest absolute Gasteiger partial charge is 0.481 e. The summed E-state index contributed by atoms with van der Waals surface area (Å²) in [6, 6.07) is 3.61. The summed E-state index contributed by atoms with van der Waals surface area (Å²) in [4.78, 5) is 24.8. The molecule has 1 aromatic rings. The molecule has 1 saturated heterocycles. The molecule has 1 aromatic carbocycles. The van der Waals surface area contributed by atoms with Gasteiger partial charge in [0, 0.05) is 30.1 Å². The number of benzene rings is 1. The van der Waals surface area contributed by atoms with E-state index >= 15 is 0 Å². The van der Waals surface area contributed by atoms with Crippen molar-refractivity contribution >= 4 is 27.8 Å². The second-order valence-corrected chi connectivity index (χ2v) is 5.76. The zero-order valence-corrected chi connectivity index (χ0v) is 13.0. The molecule has 1 heterocycles. The number of carboxylic acids is 1. The van der Waals surface area contributed by atoms with Crippen molar-refractivity contribution in [3.8, 4) is 0 Å². The Morgan fingerprint density at radius 1 is 1.57 bits per heavy atom. The van der Waals surface area contributed by atoms with Crippen molar-refractivity contribution in [3.05, 3.63) is 34.1 Å². The van der Waals surface area contributed by atoms with E-state index in [1.165, 1.54) is 24.1 Å². The molecule has 0 saturated carbocycles. The van der Waals surface area contributed by atoms with Gasteiger partial charge < -0.3 is 14.7 Å². The maximum atomic E-state index is 14.2. The minimum absolute atomic E-state index is 0.126. The summed E-state index contributed by atoms with van der Waals surface area (Å²) in [5.74, 6) is -2.88. The molecule has 0 aromatic heterocycles. The Labute approximate surface area is 129 Å². The Morgan fingerprint density at radius 2 is 2.29 bits per heavy atom. The standard InChI is InChI=1S/C14H15BrFNO4/c1-21-5-4-17-12(18)7-10(14(19)20)13(17)9-3-2-8(15)6-11(9)16/h2-3,6,10,13H,4-5,7H2,1H3,(H,19,20). The Hall–Kier alpha value is -1.47. The number of carbonyl (C=O) groups is 2. The zero-order valence-electron chi connectivity index (χ0n) is 11.4. The molecule has 0 radical (unpaired) electrons. The number of aliphatic carboxylic acids is 1. The molecule has 1 fully saturated rings. The number of halogens is 2. The molecule has 2 unspecified atom stereocenters. The van der Waals surface area contributed by atoms with Crippen LogP contribution in [0, 0.1) is 11.7 Å². The number of ether oxygens (including phenoxy) is 1. The van der Waals surface area contributed by atoms with Crippen LogP contribution in [0.4, 0.5) is 4.39 Å². The Balaban J connectivity index is 2.41. The molecular weight excluding hydrogens is 345 g/mol. The zero-order chi connectivity index (χ0) is 15.6. The fourth-order valence-electron chi connectivity index (χ4n) is 2.59. The van der Waals surface area contributed by atoms with Gasteiger partial charge in [0.2, 0.25) is 5.91 Å².